The van der Waals surface area contributed by atoms with Crippen LogP contribution in [0.2, 0.25) is 0 Å². The Bertz CT molecular complexity index is 613. The van der Waals surface area contributed by atoms with Crippen LogP contribution in [0.4, 0.5) is 5.69 Å². The molecule has 20 heavy (non-hydrogen) atoms. The highest BCUT2D eigenvalue weighted by Gasteiger charge is 2.16. The molecule has 1 aromatic carbocycles. The molecule has 0 amide bonds. The summed E-state index contributed by atoms with van der Waals surface area (Å²) < 4.78 is 5.32. The first-order valence-electron chi connectivity index (χ1n) is 6.27. The SMILES string of the molecule is CCOc1cc(Sc2ncc(CC)[nH]2)ccc1[N+](=O)[O-]. The largest absolute Gasteiger partial charge is 0.487 e. The van der Waals surface area contributed by atoms with Crippen LogP contribution in [-0.4, -0.2) is 21.5 Å². The van der Waals surface area contributed by atoms with Gasteiger partial charge in [0.15, 0.2) is 10.9 Å². The average molecular weight is 293 g/mol. The van der Waals surface area contributed by atoms with Crippen LogP contribution in [0, 0.1) is 10.1 Å². The zero-order chi connectivity index (χ0) is 14.5. The predicted molar refractivity (Wildman–Crippen MR) is 76.4 cm³/mol. The number of rotatable bonds is 6. The van der Waals surface area contributed by atoms with Crippen molar-refractivity contribution in [3.63, 3.8) is 0 Å². The molecule has 0 unspecified atom stereocenters. The molecule has 2 aromatic rings. The van der Waals surface area contributed by atoms with E-state index in [0.717, 1.165) is 22.2 Å². The number of ether oxygens (including phenoxy) is 1. The normalized spacial score (nSPS) is 10.5. The van der Waals surface area contributed by atoms with E-state index in [-0.39, 0.29) is 11.4 Å². The van der Waals surface area contributed by atoms with E-state index >= 15 is 0 Å². The second kappa shape index (κ2) is 6.42. The fraction of sp³-hybridized carbons (Fsp3) is 0.308. The monoisotopic (exact) mass is 293 g/mol. The highest BCUT2D eigenvalue weighted by Crippen LogP contribution is 2.34. The van der Waals surface area contributed by atoms with Crippen LogP contribution in [0.3, 0.4) is 0 Å². The summed E-state index contributed by atoms with van der Waals surface area (Å²) in [5.74, 6) is 0.282. The molecule has 0 atom stereocenters. The van der Waals surface area contributed by atoms with Crippen LogP contribution >= 0.6 is 11.8 Å². The average Bonchev–Trinajstić information content (AvgIpc) is 2.87. The molecule has 106 valence electrons. The van der Waals surface area contributed by atoms with Crippen LogP contribution in [0.15, 0.2) is 34.4 Å². The maximum atomic E-state index is 10.9. The summed E-state index contributed by atoms with van der Waals surface area (Å²) in [6.45, 7) is 4.22. The lowest BCUT2D eigenvalue weighted by atomic mass is 10.3. The Balaban J connectivity index is 2.23. The summed E-state index contributed by atoms with van der Waals surface area (Å²) in [6.07, 6.45) is 2.68. The number of benzene rings is 1. The number of H-pyrrole nitrogens is 1. The number of hydrogen-bond acceptors (Lipinski definition) is 5. The smallest absolute Gasteiger partial charge is 0.310 e. The van der Waals surface area contributed by atoms with Gasteiger partial charge in [0.25, 0.3) is 0 Å². The number of imidazole rings is 1. The van der Waals surface area contributed by atoms with Gasteiger partial charge in [0, 0.05) is 28.9 Å². The zero-order valence-corrected chi connectivity index (χ0v) is 12.1. The van der Waals surface area contributed by atoms with Crippen molar-refractivity contribution in [1.82, 2.24) is 9.97 Å². The first kappa shape index (κ1) is 14.4. The van der Waals surface area contributed by atoms with Crippen LogP contribution in [-0.2, 0) is 6.42 Å². The van der Waals surface area contributed by atoms with Crippen molar-refractivity contribution in [2.24, 2.45) is 0 Å². The van der Waals surface area contributed by atoms with Gasteiger partial charge in [-0.05, 0) is 19.4 Å². The number of nitrogens with zero attached hydrogens (tertiary/aromatic N) is 2. The molecule has 0 aliphatic heterocycles. The number of hydrogen-bond donors (Lipinski definition) is 1. The fourth-order valence-corrected chi connectivity index (χ4v) is 2.47. The Kier molecular flexibility index (Phi) is 4.62. The van der Waals surface area contributed by atoms with Gasteiger partial charge in [-0.25, -0.2) is 4.98 Å². The summed E-state index contributed by atoms with van der Waals surface area (Å²) in [5.41, 5.74) is 1.03. The van der Waals surface area contributed by atoms with Crippen LogP contribution < -0.4 is 4.74 Å². The molecule has 1 N–H and O–H groups in total. The van der Waals surface area contributed by atoms with E-state index in [1.165, 1.54) is 17.8 Å². The van der Waals surface area contributed by atoms with E-state index in [4.69, 9.17) is 4.74 Å². The van der Waals surface area contributed by atoms with Gasteiger partial charge in [0.1, 0.15) is 0 Å². The molecule has 0 spiro atoms. The van der Waals surface area contributed by atoms with E-state index < -0.39 is 4.92 Å². The van der Waals surface area contributed by atoms with Crippen molar-refractivity contribution < 1.29 is 9.66 Å². The van der Waals surface area contributed by atoms with E-state index in [1.807, 2.05) is 6.92 Å². The van der Waals surface area contributed by atoms with Gasteiger partial charge in [0.05, 0.1) is 11.5 Å². The first-order valence-corrected chi connectivity index (χ1v) is 7.08. The summed E-state index contributed by atoms with van der Waals surface area (Å²) in [5, 5.41) is 11.7. The second-order valence-corrected chi connectivity index (χ2v) is 5.05. The Morgan fingerprint density at radius 2 is 2.25 bits per heavy atom. The van der Waals surface area contributed by atoms with E-state index in [1.54, 1.807) is 25.3 Å². The van der Waals surface area contributed by atoms with Gasteiger partial charge in [-0.2, -0.15) is 0 Å². The van der Waals surface area contributed by atoms with Crippen molar-refractivity contribution in [3.8, 4) is 5.75 Å². The number of aryl methyl sites for hydroxylation is 1. The lowest BCUT2D eigenvalue weighted by Crippen LogP contribution is -1.97. The van der Waals surface area contributed by atoms with E-state index in [2.05, 4.69) is 9.97 Å². The van der Waals surface area contributed by atoms with Gasteiger partial charge in [-0.1, -0.05) is 18.7 Å². The third-order valence-corrected chi connectivity index (χ3v) is 3.52. The minimum absolute atomic E-state index is 0.0232. The molecule has 7 heteroatoms. The van der Waals surface area contributed by atoms with Gasteiger partial charge in [0.2, 0.25) is 0 Å². The predicted octanol–water partition coefficient (Wildman–Crippen LogP) is 3.43. The maximum absolute atomic E-state index is 10.9. The molecular formula is C13H15N3O3S. The van der Waals surface area contributed by atoms with E-state index in [9.17, 15) is 10.1 Å². The molecule has 0 radical (unpaired) electrons. The summed E-state index contributed by atoms with van der Waals surface area (Å²) in [4.78, 5) is 18.7. The summed E-state index contributed by atoms with van der Waals surface area (Å²) >= 11 is 1.41. The number of aromatic amines is 1. The minimum Gasteiger partial charge on any atom is -0.487 e. The number of aromatic nitrogens is 2. The molecule has 2 rings (SSSR count). The molecular weight excluding hydrogens is 278 g/mol. The maximum Gasteiger partial charge on any atom is 0.310 e. The van der Waals surface area contributed by atoms with E-state index in [0.29, 0.717) is 6.61 Å². The zero-order valence-electron chi connectivity index (χ0n) is 11.3. The Labute approximate surface area is 120 Å². The van der Waals surface area contributed by atoms with Gasteiger partial charge in [-0.3, -0.25) is 10.1 Å². The highest BCUT2D eigenvalue weighted by molar-refractivity contribution is 7.99. The molecule has 0 bridgehead atoms. The Morgan fingerprint density at radius 1 is 1.45 bits per heavy atom. The van der Waals surface area contributed by atoms with Crippen LogP contribution in [0.5, 0.6) is 5.75 Å². The third-order valence-electron chi connectivity index (χ3n) is 2.63. The van der Waals surface area contributed by atoms with Crippen molar-refractivity contribution in [2.45, 2.75) is 30.3 Å². The number of nitro groups is 1. The minimum atomic E-state index is -0.443. The highest BCUT2D eigenvalue weighted by atomic mass is 32.2. The van der Waals surface area contributed by atoms with Crippen molar-refractivity contribution in [2.75, 3.05) is 6.61 Å². The molecule has 0 saturated heterocycles. The first-order chi connectivity index (χ1) is 9.63. The van der Waals surface area contributed by atoms with Crippen molar-refractivity contribution in [1.29, 1.82) is 0 Å². The van der Waals surface area contributed by atoms with Crippen LogP contribution in [0.1, 0.15) is 19.5 Å². The number of nitro benzene ring substituents is 1. The topological polar surface area (TPSA) is 81.0 Å². The second-order valence-electron chi connectivity index (χ2n) is 3.99. The summed E-state index contributed by atoms with van der Waals surface area (Å²) in [6, 6.07) is 4.82. The van der Waals surface area contributed by atoms with Gasteiger partial charge < -0.3 is 9.72 Å². The molecule has 0 aliphatic carbocycles. The van der Waals surface area contributed by atoms with Gasteiger partial charge >= 0.3 is 5.69 Å². The van der Waals surface area contributed by atoms with Gasteiger partial charge in [-0.15, -0.1) is 0 Å². The molecule has 0 fully saturated rings. The number of nitrogens with one attached hydrogen (secondary N) is 1. The molecule has 1 heterocycles. The lowest BCUT2D eigenvalue weighted by molar-refractivity contribution is -0.385. The standard InChI is InChI=1S/C13H15N3O3S/c1-3-9-8-14-13(15-9)20-10-5-6-11(16(17)18)12(7-10)19-4-2/h5-8H,3-4H2,1-2H3,(H,14,15). The van der Waals surface area contributed by atoms with Crippen molar-refractivity contribution in [3.05, 3.63) is 40.2 Å². The lowest BCUT2D eigenvalue weighted by Gasteiger charge is -2.06. The third kappa shape index (κ3) is 3.30. The Morgan fingerprint density at radius 3 is 2.85 bits per heavy atom. The summed E-state index contributed by atoms with van der Waals surface area (Å²) in [7, 11) is 0. The quantitative estimate of drug-likeness (QED) is 0.652. The molecule has 6 nitrogen and oxygen atoms in total. The molecule has 1 aromatic heterocycles. The molecule has 0 saturated carbocycles. The van der Waals surface area contributed by atoms with Crippen molar-refractivity contribution >= 4 is 17.4 Å². The Hall–Kier alpha value is -2.02. The van der Waals surface area contributed by atoms with Crippen LogP contribution in [0.25, 0.3) is 0 Å². The fourth-order valence-electron chi connectivity index (χ4n) is 1.66. The molecule has 0 aliphatic rings.